The number of ether oxygens (including phenoxy) is 2. The van der Waals surface area contributed by atoms with Crippen molar-refractivity contribution in [3.05, 3.63) is 29.8 Å². The summed E-state index contributed by atoms with van der Waals surface area (Å²) in [6, 6.07) is 5.92. The smallest absolute Gasteiger partial charge is 0.478 e. The topological polar surface area (TPSA) is 72.8 Å². The summed E-state index contributed by atoms with van der Waals surface area (Å²) in [5, 5.41) is 8.89. The van der Waals surface area contributed by atoms with Crippen LogP contribution in [0.5, 0.6) is 5.75 Å². The van der Waals surface area contributed by atoms with Crippen molar-refractivity contribution in [2.45, 2.75) is 26.2 Å². The van der Waals surface area contributed by atoms with Crippen LogP contribution in [-0.4, -0.2) is 23.8 Å². The van der Waals surface area contributed by atoms with Gasteiger partial charge in [-0.1, -0.05) is 31.9 Å². The zero-order chi connectivity index (χ0) is 13.4. The van der Waals surface area contributed by atoms with Gasteiger partial charge in [0.1, 0.15) is 11.3 Å². The number of hydrogen-bond acceptors (Lipinski definition) is 4. The zero-order valence-corrected chi connectivity index (χ0v) is 10.2. The van der Waals surface area contributed by atoms with E-state index in [-0.39, 0.29) is 17.9 Å². The number of benzene rings is 1. The quantitative estimate of drug-likeness (QED) is 0.478. The lowest BCUT2D eigenvalue weighted by Crippen LogP contribution is -2.13. The van der Waals surface area contributed by atoms with Crippen molar-refractivity contribution >= 4 is 12.1 Å². The van der Waals surface area contributed by atoms with E-state index >= 15 is 0 Å². The molecule has 0 aromatic heterocycles. The molecule has 0 aliphatic heterocycles. The molecule has 0 heterocycles. The Morgan fingerprint density at radius 2 is 1.94 bits per heavy atom. The predicted molar refractivity (Wildman–Crippen MR) is 64.9 cm³/mol. The van der Waals surface area contributed by atoms with Gasteiger partial charge in [0.05, 0.1) is 6.61 Å². The zero-order valence-electron chi connectivity index (χ0n) is 10.2. The van der Waals surface area contributed by atoms with Crippen LogP contribution in [0.2, 0.25) is 0 Å². The molecule has 18 heavy (non-hydrogen) atoms. The Bertz CT molecular complexity index is 414. The average Bonchev–Trinajstić information content (AvgIpc) is 2.35. The molecule has 5 heteroatoms. The van der Waals surface area contributed by atoms with Gasteiger partial charge in [0.25, 0.3) is 0 Å². The van der Waals surface area contributed by atoms with Gasteiger partial charge in [-0.25, -0.2) is 9.59 Å². The lowest BCUT2D eigenvalue weighted by atomic mass is 10.2. The van der Waals surface area contributed by atoms with Crippen LogP contribution in [0.1, 0.15) is 36.5 Å². The number of hydrogen-bond donors (Lipinski definition) is 1. The maximum absolute atomic E-state index is 11.3. The molecule has 0 unspecified atom stereocenters. The summed E-state index contributed by atoms with van der Waals surface area (Å²) >= 11 is 0. The lowest BCUT2D eigenvalue weighted by molar-refractivity contribution is 0.0689. The van der Waals surface area contributed by atoms with Crippen molar-refractivity contribution in [3.63, 3.8) is 0 Å². The number of carbonyl (C=O) groups is 2. The second kappa shape index (κ2) is 7.32. The van der Waals surface area contributed by atoms with Crippen LogP contribution in [0.3, 0.4) is 0 Å². The van der Waals surface area contributed by atoms with E-state index < -0.39 is 12.1 Å². The van der Waals surface area contributed by atoms with Crippen molar-refractivity contribution < 1.29 is 24.2 Å². The van der Waals surface area contributed by atoms with E-state index in [9.17, 15) is 9.59 Å². The number of aromatic carboxylic acids is 1. The van der Waals surface area contributed by atoms with Crippen molar-refractivity contribution in [3.8, 4) is 5.75 Å². The molecule has 0 atom stereocenters. The maximum atomic E-state index is 11.3. The monoisotopic (exact) mass is 252 g/mol. The molecule has 0 radical (unpaired) electrons. The molecule has 0 fully saturated rings. The number of para-hydroxylation sites is 1. The van der Waals surface area contributed by atoms with E-state index in [2.05, 4.69) is 0 Å². The Morgan fingerprint density at radius 3 is 2.61 bits per heavy atom. The van der Waals surface area contributed by atoms with Gasteiger partial charge in [0, 0.05) is 0 Å². The SMILES string of the molecule is CCCCCOC(=O)Oc1ccccc1C(=O)O. The molecule has 0 bridgehead atoms. The van der Waals surface area contributed by atoms with E-state index in [1.165, 1.54) is 12.1 Å². The first-order chi connectivity index (χ1) is 8.65. The second-order valence-corrected chi connectivity index (χ2v) is 3.71. The van der Waals surface area contributed by atoms with Crippen LogP contribution < -0.4 is 4.74 Å². The summed E-state index contributed by atoms with van der Waals surface area (Å²) in [6.45, 7) is 2.32. The molecule has 0 spiro atoms. The number of rotatable bonds is 6. The van der Waals surface area contributed by atoms with Gasteiger partial charge in [-0.2, -0.15) is 0 Å². The number of unbranched alkanes of at least 4 members (excludes halogenated alkanes) is 2. The predicted octanol–water partition coefficient (Wildman–Crippen LogP) is 3.09. The molecule has 0 aliphatic carbocycles. The van der Waals surface area contributed by atoms with Crippen molar-refractivity contribution in [1.29, 1.82) is 0 Å². The van der Waals surface area contributed by atoms with Crippen LogP contribution in [0.25, 0.3) is 0 Å². The highest BCUT2D eigenvalue weighted by Gasteiger charge is 2.14. The van der Waals surface area contributed by atoms with E-state index in [0.717, 1.165) is 19.3 Å². The van der Waals surface area contributed by atoms with Gasteiger partial charge < -0.3 is 14.6 Å². The van der Waals surface area contributed by atoms with Gasteiger partial charge in [-0.05, 0) is 18.6 Å². The fourth-order valence-electron chi connectivity index (χ4n) is 1.36. The van der Waals surface area contributed by atoms with Crippen LogP contribution in [-0.2, 0) is 4.74 Å². The maximum Gasteiger partial charge on any atom is 0.513 e. The molecule has 5 nitrogen and oxygen atoms in total. The Kier molecular flexibility index (Phi) is 5.70. The number of carboxylic acids is 1. The molecule has 1 N–H and O–H groups in total. The minimum atomic E-state index is -1.15. The minimum absolute atomic E-state index is 0.00880. The molecule has 0 saturated heterocycles. The molecule has 98 valence electrons. The Labute approximate surface area is 105 Å². The van der Waals surface area contributed by atoms with E-state index in [1.807, 2.05) is 6.92 Å². The summed E-state index contributed by atoms with van der Waals surface area (Å²) in [7, 11) is 0. The molecular formula is C13H16O5. The van der Waals surface area contributed by atoms with E-state index in [4.69, 9.17) is 14.6 Å². The molecule has 0 saturated carbocycles. The Hall–Kier alpha value is -2.04. The average molecular weight is 252 g/mol. The third-order valence-corrected chi connectivity index (χ3v) is 2.28. The third-order valence-electron chi connectivity index (χ3n) is 2.28. The summed E-state index contributed by atoms with van der Waals surface area (Å²) in [4.78, 5) is 22.2. The highest BCUT2D eigenvalue weighted by Crippen LogP contribution is 2.18. The third kappa shape index (κ3) is 4.45. The molecule has 1 aromatic rings. The number of carbonyl (C=O) groups excluding carboxylic acids is 1. The molecular weight excluding hydrogens is 236 g/mol. The first-order valence-electron chi connectivity index (χ1n) is 5.82. The summed E-state index contributed by atoms with van der Waals surface area (Å²) in [6.07, 6.45) is 1.89. The van der Waals surface area contributed by atoms with Gasteiger partial charge in [0.2, 0.25) is 0 Å². The molecule has 0 aliphatic rings. The van der Waals surface area contributed by atoms with Crippen LogP contribution in [0.15, 0.2) is 24.3 Å². The van der Waals surface area contributed by atoms with Gasteiger partial charge in [0.15, 0.2) is 0 Å². The first-order valence-corrected chi connectivity index (χ1v) is 5.82. The highest BCUT2D eigenvalue weighted by molar-refractivity contribution is 5.91. The van der Waals surface area contributed by atoms with E-state index in [0.29, 0.717) is 0 Å². The fraction of sp³-hybridized carbons (Fsp3) is 0.385. The summed E-state index contributed by atoms with van der Waals surface area (Å²) in [5.74, 6) is -1.16. The Balaban J connectivity index is 2.51. The largest absolute Gasteiger partial charge is 0.513 e. The standard InChI is InChI=1S/C13H16O5/c1-2-3-6-9-17-13(16)18-11-8-5-4-7-10(11)12(14)15/h4-5,7-8H,2-3,6,9H2,1H3,(H,14,15). The van der Waals surface area contributed by atoms with Crippen LogP contribution in [0, 0.1) is 0 Å². The van der Waals surface area contributed by atoms with Crippen molar-refractivity contribution in [2.24, 2.45) is 0 Å². The van der Waals surface area contributed by atoms with E-state index in [1.54, 1.807) is 12.1 Å². The highest BCUT2D eigenvalue weighted by atomic mass is 16.7. The van der Waals surface area contributed by atoms with Crippen molar-refractivity contribution in [1.82, 2.24) is 0 Å². The number of carboxylic acid groups (broad SMARTS) is 1. The minimum Gasteiger partial charge on any atom is -0.478 e. The van der Waals surface area contributed by atoms with Gasteiger partial charge in [-0.15, -0.1) is 0 Å². The molecule has 0 amide bonds. The molecule has 1 rings (SSSR count). The van der Waals surface area contributed by atoms with Crippen molar-refractivity contribution in [2.75, 3.05) is 6.61 Å². The normalized spacial score (nSPS) is 9.83. The van der Waals surface area contributed by atoms with Gasteiger partial charge >= 0.3 is 12.1 Å². The second-order valence-electron chi connectivity index (χ2n) is 3.71. The molecule has 1 aromatic carbocycles. The summed E-state index contributed by atoms with van der Waals surface area (Å²) in [5.41, 5.74) is -0.0667. The summed E-state index contributed by atoms with van der Waals surface area (Å²) < 4.78 is 9.67. The van der Waals surface area contributed by atoms with Crippen LogP contribution in [0.4, 0.5) is 4.79 Å². The van der Waals surface area contributed by atoms with Crippen LogP contribution >= 0.6 is 0 Å². The lowest BCUT2D eigenvalue weighted by Gasteiger charge is -2.07. The fourth-order valence-corrected chi connectivity index (χ4v) is 1.36. The first kappa shape index (κ1) is 14.0. The Morgan fingerprint density at radius 1 is 1.22 bits per heavy atom. The van der Waals surface area contributed by atoms with Gasteiger partial charge in [-0.3, -0.25) is 0 Å².